The predicted octanol–water partition coefficient (Wildman–Crippen LogP) is 6.78. The van der Waals surface area contributed by atoms with Gasteiger partial charge >= 0.3 is 12.3 Å². The quantitative estimate of drug-likeness (QED) is 0.128. The maximum absolute atomic E-state index is 14.8. The van der Waals surface area contributed by atoms with Gasteiger partial charge in [-0.05, 0) is 56.9 Å². The van der Waals surface area contributed by atoms with Crippen LogP contribution in [0.4, 0.5) is 18.0 Å². The first-order valence-corrected chi connectivity index (χ1v) is 21.5. The van der Waals surface area contributed by atoms with E-state index in [-0.39, 0.29) is 19.4 Å². The van der Waals surface area contributed by atoms with Crippen LogP contribution < -0.4 is 24.8 Å². The third kappa shape index (κ3) is 10.2. The van der Waals surface area contributed by atoms with E-state index in [9.17, 15) is 40.8 Å². The molecule has 0 spiro atoms. The number of benzene rings is 3. The number of alkyl carbamates (subject to hydrolysis) is 1. The normalized spacial score (nSPS) is 20.6. The molecule has 1 aliphatic carbocycles. The lowest BCUT2D eigenvalue weighted by Gasteiger charge is -2.36. The number of aromatic nitrogens is 1. The second-order valence-electron chi connectivity index (χ2n) is 17.6. The van der Waals surface area contributed by atoms with E-state index in [0.29, 0.717) is 40.2 Å². The van der Waals surface area contributed by atoms with E-state index in [1.165, 1.54) is 18.1 Å². The van der Waals surface area contributed by atoms with Crippen molar-refractivity contribution in [2.75, 3.05) is 13.7 Å². The highest BCUT2D eigenvalue weighted by atomic mass is 32.2. The number of carbonyl (C=O) groups excluding carboxylic acids is 4. The van der Waals surface area contributed by atoms with Crippen molar-refractivity contribution in [3.05, 3.63) is 97.1 Å². The van der Waals surface area contributed by atoms with Crippen molar-refractivity contribution >= 4 is 44.7 Å². The first-order chi connectivity index (χ1) is 29.4. The maximum atomic E-state index is 14.8. The van der Waals surface area contributed by atoms with E-state index in [0.717, 1.165) is 17.7 Å². The first-order valence-electron chi connectivity index (χ1n) is 20.1. The molecule has 63 heavy (non-hydrogen) atoms. The summed E-state index contributed by atoms with van der Waals surface area (Å²) in [5, 5.41) is 5.88. The molecule has 18 heteroatoms. The summed E-state index contributed by atoms with van der Waals surface area (Å²) in [4.78, 5) is 61.2. The van der Waals surface area contributed by atoms with Crippen molar-refractivity contribution in [2.24, 2.45) is 11.3 Å². The van der Waals surface area contributed by atoms with Gasteiger partial charge in [0, 0.05) is 35.4 Å². The minimum absolute atomic E-state index is 0.144. The number of hydrogen-bond donors (Lipinski definition) is 3. The summed E-state index contributed by atoms with van der Waals surface area (Å²) in [6.45, 7) is 13.6. The number of pyridine rings is 1. The van der Waals surface area contributed by atoms with Crippen LogP contribution >= 0.6 is 0 Å². The zero-order valence-electron chi connectivity index (χ0n) is 35.8. The average molecular weight is 894 g/mol. The Morgan fingerprint density at radius 2 is 1.62 bits per heavy atom. The van der Waals surface area contributed by atoms with E-state index in [1.54, 1.807) is 70.5 Å². The summed E-state index contributed by atoms with van der Waals surface area (Å²) in [5.74, 6) is -2.79. The molecule has 3 N–H and O–H groups in total. The fourth-order valence-corrected chi connectivity index (χ4v) is 8.76. The van der Waals surface area contributed by atoms with Crippen LogP contribution in [0.25, 0.3) is 22.2 Å². The SMILES string of the molecule is C=C[C@@H]1C[C@]1(NC(=O)[C@@H]1C[C@@H](Oc2cc(-c3ccccc3)nc3cc(OC)ccc23)CN1C(=O)[C@@H](NC(=O)OC(C)(C)C)C(C)(C)C)C(=O)NS(=O)(=O)c1ccccc1C(F)(F)F. The summed E-state index contributed by atoms with van der Waals surface area (Å²) in [6.07, 6.45) is -5.80. The van der Waals surface area contributed by atoms with Gasteiger partial charge in [-0.15, -0.1) is 6.58 Å². The number of hydrogen-bond acceptors (Lipinski definition) is 10. The molecule has 1 saturated heterocycles. The van der Waals surface area contributed by atoms with E-state index in [4.69, 9.17) is 19.2 Å². The zero-order valence-corrected chi connectivity index (χ0v) is 36.6. The van der Waals surface area contributed by atoms with Crippen LogP contribution in [0.5, 0.6) is 11.5 Å². The van der Waals surface area contributed by atoms with Crippen LogP contribution in [0.1, 0.15) is 59.9 Å². The molecule has 0 radical (unpaired) electrons. The number of likely N-dealkylation sites (tertiary alicyclic amines) is 1. The van der Waals surface area contributed by atoms with Crippen molar-refractivity contribution in [1.29, 1.82) is 0 Å². The molecule has 0 unspecified atom stereocenters. The molecular formula is C45H50F3N5O9S. The van der Waals surface area contributed by atoms with E-state index in [1.807, 2.05) is 30.3 Å². The van der Waals surface area contributed by atoms with Gasteiger partial charge in [-0.2, -0.15) is 13.2 Å². The second kappa shape index (κ2) is 17.2. The molecule has 0 bridgehead atoms. The smallest absolute Gasteiger partial charge is 0.417 e. The fourth-order valence-electron chi connectivity index (χ4n) is 7.49. The lowest BCUT2D eigenvalue weighted by molar-refractivity contribution is -0.143. The van der Waals surface area contributed by atoms with Crippen LogP contribution in [-0.2, 0) is 35.3 Å². The number of carbonyl (C=O) groups is 4. The highest BCUT2D eigenvalue weighted by Gasteiger charge is 2.62. The standard InChI is InChI=1S/C45H50F3N5O9S/c1-9-27-24-44(27,40(56)52-63(58,59)36-18-14-13-17-31(36)45(46,47)48)51-38(54)34-22-29(25-53(34)39(55)37(42(2,3)4)50-41(57)62-43(5,6)7)61-35-23-32(26-15-11-10-12-16-26)49-33-21-28(60-8)19-20-30(33)35/h9-21,23,27,29,34,37H,1,22,24-25H2,2-8H3,(H,50,57)(H,51,54)(H,52,56)/t27-,29-,34+,37-,44-/m1/s1. The summed E-state index contributed by atoms with van der Waals surface area (Å²) in [6, 6.07) is 17.0. The van der Waals surface area contributed by atoms with Gasteiger partial charge < -0.3 is 29.7 Å². The molecule has 4 amide bonds. The van der Waals surface area contributed by atoms with Gasteiger partial charge in [0.1, 0.15) is 40.8 Å². The number of sulfonamides is 1. The highest BCUT2D eigenvalue weighted by Crippen LogP contribution is 2.46. The van der Waals surface area contributed by atoms with Crippen molar-refractivity contribution in [3.8, 4) is 22.8 Å². The predicted molar refractivity (Wildman–Crippen MR) is 227 cm³/mol. The highest BCUT2D eigenvalue weighted by molar-refractivity contribution is 7.90. The molecule has 2 fully saturated rings. The minimum atomic E-state index is -5.12. The van der Waals surface area contributed by atoms with Crippen LogP contribution in [0.15, 0.2) is 96.4 Å². The number of amides is 4. The van der Waals surface area contributed by atoms with Crippen molar-refractivity contribution in [2.45, 2.75) is 94.8 Å². The Morgan fingerprint density at radius 3 is 2.22 bits per heavy atom. The van der Waals surface area contributed by atoms with E-state index in [2.05, 4.69) is 17.2 Å². The van der Waals surface area contributed by atoms with Gasteiger partial charge in [0.05, 0.1) is 35.3 Å². The molecule has 1 aliphatic heterocycles. The van der Waals surface area contributed by atoms with Crippen molar-refractivity contribution < 1.29 is 55.0 Å². The van der Waals surface area contributed by atoms with Crippen molar-refractivity contribution in [3.63, 3.8) is 0 Å². The first kappa shape index (κ1) is 46.3. The molecule has 2 heterocycles. The third-order valence-corrected chi connectivity index (χ3v) is 12.1. The van der Waals surface area contributed by atoms with Gasteiger partial charge in [-0.3, -0.25) is 14.4 Å². The molecule has 1 saturated carbocycles. The molecule has 5 atom stereocenters. The van der Waals surface area contributed by atoms with E-state index < -0.39 is 91.1 Å². The lowest BCUT2D eigenvalue weighted by Crippen LogP contribution is -2.60. The van der Waals surface area contributed by atoms with Crippen LogP contribution in [0, 0.1) is 11.3 Å². The molecule has 2 aliphatic rings. The van der Waals surface area contributed by atoms with Crippen LogP contribution in [0.3, 0.4) is 0 Å². The maximum Gasteiger partial charge on any atom is 0.417 e. The largest absolute Gasteiger partial charge is 0.497 e. The summed E-state index contributed by atoms with van der Waals surface area (Å²) >= 11 is 0. The number of nitrogens with zero attached hydrogens (tertiary/aromatic N) is 2. The number of fused-ring (bicyclic) bond motifs is 1. The summed E-state index contributed by atoms with van der Waals surface area (Å²) in [7, 11) is -3.60. The molecule has 336 valence electrons. The topological polar surface area (TPSA) is 182 Å². The Labute approximate surface area is 363 Å². The third-order valence-electron chi connectivity index (χ3n) is 10.7. The Balaban J connectivity index is 1.36. The number of rotatable bonds is 12. The summed E-state index contributed by atoms with van der Waals surface area (Å²) < 4.78 is 87.6. The van der Waals surface area contributed by atoms with Gasteiger partial charge in [0.25, 0.3) is 15.9 Å². The molecular weight excluding hydrogens is 844 g/mol. The molecule has 14 nitrogen and oxygen atoms in total. The number of halogens is 3. The number of ether oxygens (including phenoxy) is 3. The summed E-state index contributed by atoms with van der Waals surface area (Å²) in [5.41, 5.74) is -3.43. The Bertz CT molecular complexity index is 2540. The van der Waals surface area contributed by atoms with Crippen LogP contribution in [-0.4, -0.2) is 85.1 Å². The van der Waals surface area contributed by atoms with Gasteiger partial charge in [-0.25, -0.2) is 22.9 Å². The lowest BCUT2D eigenvalue weighted by atomic mass is 9.85. The average Bonchev–Trinajstić information content (AvgIpc) is 3.76. The van der Waals surface area contributed by atoms with Gasteiger partial charge in [-0.1, -0.05) is 69.3 Å². The number of alkyl halides is 3. The molecule has 4 aromatic rings. The van der Waals surface area contributed by atoms with Crippen LogP contribution in [0.2, 0.25) is 0 Å². The fraction of sp³-hybridized carbons (Fsp3) is 0.400. The minimum Gasteiger partial charge on any atom is -0.497 e. The molecule has 3 aromatic carbocycles. The second-order valence-corrected chi connectivity index (χ2v) is 19.3. The van der Waals surface area contributed by atoms with Gasteiger partial charge in [0.2, 0.25) is 11.8 Å². The van der Waals surface area contributed by atoms with Crippen molar-refractivity contribution in [1.82, 2.24) is 25.2 Å². The zero-order chi connectivity index (χ0) is 46.3. The Kier molecular flexibility index (Phi) is 12.6. The number of methoxy groups -OCH3 is 1. The van der Waals surface area contributed by atoms with E-state index >= 15 is 0 Å². The monoisotopic (exact) mass is 893 g/mol. The van der Waals surface area contributed by atoms with Gasteiger partial charge in [0.15, 0.2) is 0 Å². The Morgan fingerprint density at radius 1 is 0.952 bits per heavy atom. The molecule has 6 rings (SSSR count). The number of nitrogens with one attached hydrogen (secondary N) is 3. The Hall–Kier alpha value is -6.17. The molecule has 1 aromatic heterocycles.